The Morgan fingerprint density at radius 2 is 1.88 bits per heavy atom. The van der Waals surface area contributed by atoms with E-state index in [1.54, 1.807) is 0 Å². The van der Waals surface area contributed by atoms with Crippen LogP contribution in [0.3, 0.4) is 0 Å². The van der Waals surface area contributed by atoms with Crippen molar-refractivity contribution in [1.29, 1.82) is 0 Å². The Morgan fingerprint density at radius 3 is 2.49 bits per heavy atom. The van der Waals surface area contributed by atoms with Crippen LogP contribution >= 0.6 is 23.3 Å². The highest BCUT2D eigenvalue weighted by atomic mass is 32.2. The maximum Gasteiger partial charge on any atom is 0.352 e. The number of phenols is 2. The number of phenolic OH excluding ortho intramolecular Hbond substituents is 2. The fraction of sp³-hybridized carbons (Fsp3) is 0.448. The molecule has 0 aliphatic carbocycles. The molecule has 2 aromatic rings. The van der Waals surface area contributed by atoms with Crippen LogP contribution in [0.25, 0.3) is 0 Å². The van der Waals surface area contributed by atoms with Crippen molar-refractivity contribution in [3.63, 3.8) is 0 Å². The summed E-state index contributed by atoms with van der Waals surface area (Å²) in [6.07, 6.45) is 1.80. The van der Waals surface area contributed by atoms with Crippen molar-refractivity contribution in [2.45, 2.75) is 43.7 Å². The molecular formula is C29H35N8O10S2+. The summed E-state index contributed by atoms with van der Waals surface area (Å²) in [7, 11) is 0. The third kappa shape index (κ3) is 7.39. The molecule has 5 rings (SSSR count). The standard InChI is InChI=1S/C29H34N8O10S2/c1-29(2,27(45)46)47-34-18(21-33-28(30)49-35-21)23(41)32-19-24(42)36-20(26(43)44)15(13-48-25(19)36)12-37(8-3-4-9-37)10-7-31-22(40)14-5-6-16(38)17(39)11-14/h5-6,11,19,25H,3-4,7-10,12-13H2,1-2H3,(H7-,30,31,32,33,34,35,38,39,40,41,43,44,45,46)/p+1/t19-,25-/m1/s1. The molecule has 2 saturated heterocycles. The smallest absolute Gasteiger partial charge is 0.352 e. The van der Waals surface area contributed by atoms with E-state index in [-0.39, 0.29) is 40.3 Å². The number of carboxylic acids is 2. The van der Waals surface area contributed by atoms with E-state index in [2.05, 4.69) is 25.1 Å². The molecule has 0 saturated carbocycles. The van der Waals surface area contributed by atoms with Crippen LogP contribution in [0.2, 0.25) is 0 Å². The van der Waals surface area contributed by atoms with Crippen LogP contribution in [0.4, 0.5) is 5.13 Å². The number of aromatic nitrogens is 2. The molecule has 262 valence electrons. The number of aromatic hydroxyl groups is 2. The zero-order valence-electron chi connectivity index (χ0n) is 26.4. The van der Waals surface area contributed by atoms with Crippen LogP contribution < -0.4 is 16.4 Å². The van der Waals surface area contributed by atoms with Crippen LogP contribution in [0.1, 0.15) is 42.9 Å². The molecule has 0 radical (unpaired) electrons. The molecule has 3 aliphatic heterocycles. The molecule has 18 nitrogen and oxygen atoms in total. The lowest BCUT2D eigenvalue weighted by atomic mass is 10.0. The van der Waals surface area contributed by atoms with Crippen molar-refractivity contribution < 1.29 is 53.7 Å². The van der Waals surface area contributed by atoms with Gasteiger partial charge in [-0.2, -0.15) is 9.36 Å². The van der Waals surface area contributed by atoms with Gasteiger partial charge in [0.15, 0.2) is 16.6 Å². The first-order chi connectivity index (χ1) is 23.1. The van der Waals surface area contributed by atoms with Gasteiger partial charge in [0.2, 0.25) is 17.1 Å². The quantitative estimate of drug-likeness (QED) is 0.0469. The Morgan fingerprint density at radius 1 is 1.16 bits per heavy atom. The molecular weight excluding hydrogens is 684 g/mol. The number of nitrogens with one attached hydrogen (secondary N) is 2. The Bertz CT molecular complexity index is 1750. The van der Waals surface area contributed by atoms with Crippen LogP contribution in [0.5, 0.6) is 11.5 Å². The third-order valence-corrected chi connectivity index (χ3v) is 10.3. The number of benzene rings is 1. The molecule has 3 amide bonds. The van der Waals surface area contributed by atoms with Crippen LogP contribution in [-0.2, 0) is 24.0 Å². The minimum atomic E-state index is -1.81. The number of fused-ring (bicyclic) bond motifs is 1. The summed E-state index contributed by atoms with van der Waals surface area (Å²) < 4.78 is 4.44. The number of quaternary nitrogens is 1. The zero-order chi connectivity index (χ0) is 35.7. The normalized spacial score (nSPS) is 20.3. The largest absolute Gasteiger partial charge is 0.504 e. The zero-order valence-corrected chi connectivity index (χ0v) is 28.0. The molecule has 2 fully saturated rings. The number of nitrogens with zero attached hydrogens (tertiary/aromatic N) is 5. The summed E-state index contributed by atoms with van der Waals surface area (Å²) in [5.41, 5.74) is 3.90. The number of thioether (sulfide) groups is 1. The third-order valence-electron chi connectivity index (χ3n) is 8.44. The number of rotatable bonds is 13. The summed E-state index contributed by atoms with van der Waals surface area (Å²) in [4.78, 5) is 73.7. The van der Waals surface area contributed by atoms with Gasteiger partial charge in [-0.1, -0.05) is 5.16 Å². The van der Waals surface area contributed by atoms with Gasteiger partial charge in [-0.15, -0.1) is 11.8 Å². The Kier molecular flexibility index (Phi) is 10.0. The molecule has 0 bridgehead atoms. The lowest BCUT2D eigenvalue weighted by Gasteiger charge is -2.50. The van der Waals surface area contributed by atoms with E-state index in [4.69, 9.17) is 10.6 Å². The average Bonchev–Trinajstić information content (AvgIpc) is 3.69. The van der Waals surface area contributed by atoms with Crippen molar-refractivity contribution in [1.82, 2.24) is 24.9 Å². The molecule has 4 heterocycles. The van der Waals surface area contributed by atoms with Crippen molar-refractivity contribution >= 4 is 63.8 Å². The van der Waals surface area contributed by atoms with Crippen molar-refractivity contribution in [3.05, 3.63) is 40.9 Å². The first-order valence-corrected chi connectivity index (χ1v) is 16.9. The Hall–Kier alpha value is -4.95. The fourth-order valence-electron chi connectivity index (χ4n) is 5.77. The molecule has 3 aliphatic rings. The minimum absolute atomic E-state index is 0.00365. The molecule has 0 unspecified atom stereocenters. The van der Waals surface area contributed by atoms with Crippen LogP contribution in [0.15, 0.2) is 34.6 Å². The highest BCUT2D eigenvalue weighted by Gasteiger charge is 2.55. The van der Waals surface area contributed by atoms with Crippen molar-refractivity contribution in [3.8, 4) is 11.5 Å². The van der Waals surface area contributed by atoms with E-state index in [1.165, 1.54) is 37.7 Å². The number of carbonyl (C=O) groups excluding carboxylic acids is 3. The number of hydrogen-bond acceptors (Lipinski definition) is 14. The van der Waals surface area contributed by atoms with E-state index in [1.807, 2.05) is 0 Å². The van der Waals surface area contributed by atoms with Crippen LogP contribution in [-0.4, -0.2) is 130 Å². The number of oxime groups is 1. The highest BCUT2D eigenvalue weighted by Crippen LogP contribution is 2.41. The van der Waals surface area contributed by atoms with Gasteiger partial charge in [-0.25, -0.2) is 9.59 Å². The fourth-order valence-corrected chi connectivity index (χ4v) is 7.54. The van der Waals surface area contributed by atoms with Crippen molar-refractivity contribution in [2.75, 3.05) is 44.2 Å². The van der Waals surface area contributed by atoms with Gasteiger partial charge >= 0.3 is 11.9 Å². The van der Waals surface area contributed by atoms with Gasteiger partial charge in [-0.3, -0.25) is 19.3 Å². The molecule has 1 aromatic carbocycles. The SMILES string of the molecule is CC(C)(O/N=C(\C(=O)N[C@@H]1C(=O)N2C(C(=O)O)=C(C[N+]3(CCNC(=O)c4ccc(O)c(O)c4)CCCC3)CS[C@H]12)c1nsc(N)n1)C(=O)O. The first kappa shape index (κ1) is 35.4. The molecule has 1 aromatic heterocycles. The summed E-state index contributed by atoms with van der Waals surface area (Å²) in [5.74, 6) is -5.42. The number of nitrogens with two attached hydrogens (primary N) is 1. The van der Waals surface area contributed by atoms with Gasteiger partial charge in [-0.05, 0) is 32.0 Å². The number of carbonyl (C=O) groups is 5. The Labute approximate surface area is 287 Å². The van der Waals surface area contributed by atoms with E-state index in [0.717, 1.165) is 48.4 Å². The monoisotopic (exact) mass is 719 g/mol. The van der Waals surface area contributed by atoms with Crippen LogP contribution in [0, 0.1) is 0 Å². The molecule has 20 heteroatoms. The summed E-state index contributed by atoms with van der Waals surface area (Å²) in [6, 6.07) is 2.64. The number of anilines is 1. The number of aliphatic carboxylic acids is 2. The molecule has 2 atom stereocenters. The van der Waals surface area contributed by atoms with E-state index >= 15 is 0 Å². The second-order valence-corrected chi connectivity index (χ2v) is 14.1. The first-order valence-electron chi connectivity index (χ1n) is 15.1. The number of amides is 3. The van der Waals surface area contributed by atoms with Gasteiger partial charge in [0, 0.05) is 41.3 Å². The second kappa shape index (κ2) is 13.9. The number of nitrogen functional groups attached to an aromatic ring is 1. The summed E-state index contributed by atoms with van der Waals surface area (Å²) in [5, 5.41) is 47.2. The maximum atomic E-state index is 13.4. The van der Waals surface area contributed by atoms with Crippen molar-refractivity contribution in [2.24, 2.45) is 5.16 Å². The van der Waals surface area contributed by atoms with E-state index < -0.39 is 58.1 Å². The number of likely N-dealkylation sites (tertiary alicyclic amines) is 1. The lowest BCUT2D eigenvalue weighted by Crippen LogP contribution is -2.71. The Balaban J connectivity index is 1.29. The number of β-lactam (4-membered cyclic amide) rings is 1. The van der Waals surface area contributed by atoms with E-state index in [0.29, 0.717) is 23.1 Å². The predicted molar refractivity (Wildman–Crippen MR) is 174 cm³/mol. The highest BCUT2D eigenvalue weighted by molar-refractivity contribution is 8.00. The summed E-state index contributed by atoms with van der Waals surface area (Å²) >= 11 is 2.05. The lowest BCUT2D eigenvalue weighted by molar-refractivity contribution is -0.911. The number of carboxylic acid groups (broad SMARTS) is 2. The minimum Gasteiger partial charge on any atom is -0.504 e. The maximum absolute atomic E-state index is 13.4. The second-order valence-electron chi connectivity index (χ2n) is 12.3. The summed E-state index contributed by atoms with van der Waals surface area (Å²) in [6.45, 7) is 5.01. The molecule has 0 spiro atoms. The molecule has 49 heavy (non-hydrogen) atoms. The number of hydrogen-bond donors (Lipinski definition) is 7. The van der Waals surface area contributed by atoms with Gasteiger partial charge in [0.05, 0.1) is 26.2 Å². The van der Waals surface area contributed by atoms with Gasteiger partial charge < -0.3 is 46.1 Å². The topological polar surface area (TPSA) is 267 Å². The van der Waals surface area contributed by atoms with Gasteiger partial charge in [0.25, 0.3) is 17.7 Å². The average molecular weight is 720 g/mol. The predicted octanol–water partition coefficient (Wildman–Crippen LogP) is -0.105. The van der Waals surface area contributed by atoms with E-state index in [9.17, 15) is 44.4 Å². The molecule has 8 N–H and O–H groups in total. The van der Waals surface area contributed by atoms with Gasteiger partial charge in [0.1, 0.15) is 23.7 Å².